The molecule has 0 bridgehead atoms. The zero-order valence-electron chi connectivity index (χ0n) is 13.7. The number of amides is 1. The summed E-state index contributed by atoms with van der Waals surface area (Å²) in [7, 11) is 0. The first-order valence-electron chi connectivity index (χ1n) is 8.10. The molecule has 2 aliphatic rings. The van der Waals surface area contributed by atoms with Crippen molar-refractivity contribution < 1.29 is 9.53 Å². The minimum absolute atomic E-state index is 0. The first-order chi connectivity index (χ1) is 10.8. The number of rotatable bonds is 5. The maximum atomic E-state index is 12.0. The van der Waals surface area contributed by atoms with Gasteiger partial charge in [-0.05, 0) is 44.0 Å². The van der Waals surface area contributed by atoms with Gasteiger partial charge in [-0.15, -0.1) is 24.8 Å². The van der Waals surface area contributed by atoms with E-state index in [4.69, 9.17) is 4.74 Å². The van der Waals surface area contributed by atoms with Crippen molar-refractivity contribution in [3.63, 3.8) is 0 Å². The highest BCUT2D eigenvalue weighted by molar-refractivity contribution is 5.90. The molecule has 1 atom stereocenters. The monoisotopic (exact) mass is 376 g/mol. The summed E-state index contributed by atoms with van der Waals surface area (Å²) in [6.45, 7) is 5.36. The molecule has 0 saturated carbocycles. The topological polar surface area (TPSA) is 66.5 Å². The SMILES string of the molecule is Cl.Cl.O=C(CCC1CCNC1)Nc1ccc(N2CCOCC2)nc1. The second-order valence-corrected chi connectivity index (χ2v) is 5.95. The molecule has 2 fully saturated rings. The van der Waals surface area contributed by atoms with Crippen molar-refractivity contribution in [2.24, 2.45) is 5.92 Å². The Bertz CT molecular complexity index is 489. The normalized spacial score (nSPS) is 20.0. The maximum Gasteiger partial charge on any atom is 0.224 e. The fourth-order valence-electron chi connectivity index (χ4n) is 2.96. The highest BCUT2D eigenvalue weighted by Crippen LogP contribution is 2.17. The van der Waals surface area contributed by atoms with E-state index in [1.165, 1.54) is 6.42 Å². The molecule has 1 aromatic rings. The molecule has 1 unspecified atom stereocenters. The van der Waals surface area contributed by atoms with Gasteiger partial charge in [0.05, 0.1) is 25.1 Å². The standard InChI is InChI=1S/C16H24N4O2.2ClH/c21-16(4-1-13-5-6-17-11-13)19-14-2-3-15(18-12-14)20-7-9-22-10-8-20;;/h2-3,12-13,17H,1,4-11H2,(H,19,21);2*1H. The lowest BCUT2D eigenvalue weighted by atomic mass is 10.0. The van der Waals surface area contributed by atoms with E-state index in [1.54, 1.807) is 6.20 Å². The van der Waals surface area contributed by atoms with Gasteiger partial charge in [-0.2, -0.15) is 0 Å². The number of morpholine rings is 1. The van der Waals surface area contributed by atoms with Crippen LogP contribution in [0.25, 0.3) is 0 Å². The van der Waals surface area contributed by atoms with Gasteiger partial charge in [-0.1, -0.05) is 0 Å². The second-order valence-electron chi connectivity index (χ2n) is 5.95. The Labute approximate surface area is 155 Å². The van der Waals surface area contributed by atoms with Gasteiger partial charge < -0.3 is 20.3 Å². The van der Waals surface area contributed by atoms with Crippen LogP contribution in [0.3, 0.4) is 0 Å². The highest BCUT2D eigenvalue weighted by Gasteiger charge is 2.16. The Hall–Kier alpha value is -1.08. The Kier molecular flexibility index (Phi) is 9.36. The largest absolute Gasteiger partial charge is 0.378 e. The van der Waals surface area contributed by atoms with Gasteiger partial charge in [-0.25, -0.2) is 4.98 Å². The number of nitrogens with one attached hydrogen (secondary N) is 2. The zero-order chi connectivity index (χ0) is 15.2. The van der Waals surface area contributed by atoms with E-state index in [1.807, 2.05) is 12.1 Å². The predicted molar refractivity (Wildman–Crippen MR) is 101 cm³/mol. The lowest BCUT2D eigenvalue weighted by Crippen LogP contribution is -2.36. The third-order valence-electron chi connectivity index (χ3n) is 4.31. The summed E-state index contributed by atoms with van der Waals surface area (Å²) < 4.78 is 5.34. The van der Waals surface area contributed by atoms with Crippen molar-refractivity contribution in [3.8, 4) is 0 Å². The van der Waals surface area contributed by atoms with Gasteiger partial charge in [0.1, 0.15) is 5.82 Å². The Balaban J connectivity index is 0.00000144. The molecule has 1 amide bonds. The van der Waals surface area contributed by atoms with Crippen molar-refractivity contribution in [1.29, 1.82) is 0 Å². The Morgan fingerprint density at radius 1 is 1.33 bits per heavy atom. The lowest BCUT2D eigenvalue weighted by molar-refractivity contribution is -0.116. The van der Waals surface area contributed by atoms with Crippen molar-refractivity contribution in [2.45, 2.75) is 19.3 Å². The summed E-state index contributed by atoms with van der Waals surface area (Å²) in [5, 5.41) is 6.26. The molecule has 0 aliphatic carbocycles. The summed E-state index contributed by atoms with van der Waals surface area (Å²) >= 11 is 0. The van der Waals surface area contributed by atoms with Crippen LogP contribution >= 0.6 is 24.8 Å². The molecule has 3 heterocycles. The molecule has 0 spiro atoms. The van der Waals surface area contributed by atoms with E-state index in [0.717, 1.165) is 57.3 Å². The molecule has 2 N–H and O–H groups in total. The smallest absolute Gasteiger partial charge is 0.224 e. The number of anilines is 2. The van der Waals surface area contributed by atoms with Gasteiger partial charge in [0.15, 0.2) is 0 Å². The number of hydrogen-bond donors (Lipinski definition) is 2. The van der Waals surface area contributed by atoms with Crippen LogP contribution in [0.1, 0.15) is 19.3 Å². The molecule has 6 nitrogen and oxygen atoms in total. The molecule has 136 valence electrons. The average molecular weight is 377 g/mol. The van der Waals surface area contributed by atoms with Crippen LogP contribution in [0.4, 0.5) is 11.5 Å². The molecule has 1 aromatic heterocycles. The highest BCUT2D eigenvalue weighted by atomic mass is 35.5. The van der Waals surface area contributed by atoms with Crippen LogP contribution in [0.15, 0.2) is 18.3 Å². The molecular formula is C16H26Cl2N4O2. The van der Waals surface area contributed by atoms with Crippen molar-refractivity contribution in [1.82, 2.24) is 10.3 Å². The van der Waals surface area contributed by atoms with Crippen LogP contribution in [-0.4, -0.2) is 50.3 Å². The lowest BCUT2D eigenvalue weighted by Gasteiger charge is -2.27. The summed E-state index contributed by atoms with van der Waals surface area (Å²) in [4.78, 5) is 18.6. The molecule has 8 heteroatoms. The summed E-state index contributed by atoms with van der Waals surface area (Å²) in [5.74, 6) is 1.67. The van der Waals surface area contributed by atoms with Crippen LogP contribution in [-0.2, 0) is 9.53 Å². The summed E-state index contributed by atoms with van der Waals surface area (Å²) in [6, 6.07) is 3.88. The van der Waals surface area contributed by atoms with Crippen molar-refractivity contribution in [3.05, 3.63) is 18.3 Å². The van der Waals surface area contributed by atoms with E-state index < -0.39 is 0 Å². The zero-order valence-corrected chi connectivity index (χ0v) is 15.3. The Morgan fingerprint density at radius 2 is 2.12 bits per heavy atom. The minimum atomic E-state index is 0. The molecule has 3 rings (SSSR count). The van der Waals surface area contributed by atoms with Gasteiger partial charge in [0, 0.05) is 19.5 Å². The van der Waals surface area contributed by atoms with Gasteiger partial charge in [-0.3, -0.25) is 4.79 Å². The van der Waals surface area contributed by atoms with E-state index in [9.17, 15) is 4.79 Å². The maximum absolute atomic E-state index is 12.0. The Morgan fingerprint density at radius 3 is 2.75 bits per heavy atom. The number of carbonyl (C=O) groups is 1. The predicted octanol–water partition coefficient (Wildman–Crippen LogP) is 2.09. The number of hydrogen-bond acceptors (Lipinski definition) is 5. The van der Waals surface area contributed by atoms with Crippen molar-refractivity contribution >= 4 is 42.2 Å². The van der Waals surface area contributed by atoms with E-state index in [2.05, 4.69) is 20.5 Å². The number of carbonyl (C=O) groups excluding carboxylic acids is 1. The number of ether oxygens (including phenoxy) is 1. The van der Waals surface area contributed by atoms with Crippen LogP contribution < -0.4 is 15.5 Å². The first-order valence-corrected chi connectivity index (χ1v) is 8.10. The molecule has 2 aliphatic heterocycles. The summed E-state index contributed by atoms with van der Waals surface area (Å²) in [6.07, 6.45) is 4.46. The summed E-state index contributed by atoms with van der Waals surface area (Å²) in [5.41, 5.74) is 0.770. The first kappa shape index (κ1) is 21.0. The van der Waals surface area contributed by atoms with E-state index in [0.29, 0.717) is 12.3 Å². The fraction of sp³-hybridized carbons (Fsp3) is 0.625. The number of halogens is 2. The van der Waals surface area contributed by atoms with Gasteiger partial charge >= 0.3 is 0 Å². The van der Waals surface area contributed by atoms with E-state index in [-0.39, 0.29) is 30.7 Å². The fourth-order valence-corrected chi connectivity index (χ4v) is 2.96. The number of nitrogens with zero attached hydrogens (tertiary/aromatic N) is 2. The average Bonchev–Trinajstić information content (AvgIpc) is 3.08. The number of pyridine rings is 1. The van der Waals surface area contributed by atoms with E-state index >= 15 is 0 Å². The van der Waals surface area contributed by atoms with Crippen LogP contribution in [0, 0.1) is 5.92 Å². The van der Waals surface area contributed by atoms with Crippen molar-refractivity contribution in [2.75, 3.05) is 49.6 Å². The second kappa shape index (κ2) is 10.7. The quantitative estimate of drug-likeness (QED) is 0.823. The number of aromatic nitrogens is 1. The van der Waals surface area contributed by atoms with Crippen LogP contribution in [0.2, 0.25) is 0 Å². The van der Waals surface area contributed by atoms with Crippen LogP contribution in [0.5, 0.6) is 0 Å². The van der Waals surface area contributed by atoms with Gasteiger partial charge in [0.25, 0.3) is 0 Å². The third kappa shape index (κ3) is 6.09. The molecule has 0 radical (unpaired) electrons. The minimum Gasteiger partial charge on any atom is -0.378 e. The molecule has 2 saturated heterocycles. The van der Waals surface area contributed by atoms with Gasteiger partial charge in [0.2, 0.25) is 5.91 Å². The molecular weight excluding hydrogens is 351 g/mol. The molecule has 0 aromatic carbocycles. The third-order valence-corrected chi connectivity index (χ3v) is 4.31. The molecule has 24 heavy (non-hydrogen) atoms.